The average Bonchev–Trinajstić information content (AvgIpc) is 2.95. The first kappa shape index (κ1) is 14.9. The third-order valence-corrected chi connectivity index (χ3v) is 4.20. The smallest absolute Gasteiger partial charge is 0.213 e. The SMILES string of the molecule is CC1CN(c2cccc(-c3csc(NC=O)n3)n2)CC(C)O1. The summed E-state index contributed by atoms with van der Waals surface area (Å²) in [5.74, 6) is 0.928. The minimum atomic E-state index is 0.192. The largest absolute Gasteiger partial charge is 0.372 e. The summed E-state index contributed by atoms with van der Waals surface area (Å²) in [5.41, 5.74) is 1.57. The van der Waals surface area contributed by atoms with Crippen molar-refractivity contribution in [2.75, 3.05) is 23.3 Å². The molecule has 2 unspecified atom stereocenters. The molecule has 0 radical (unpaired) electrons. The molecule has 116 valence electrons. The number of thiazole rings is 1. The van der Waals surface area contributed by atoms with Crippen molar-refractivity contribution < 1.29 is 9.53 Å². The lowest BCUT2D eigenvalue weighted by atomic mass is 10.2. The van der Waals surface area contributed by atoms with E-state index in [2.05, 4.69) is 29.0 Å². The molecule has 1 fully saturated rings. The van der Waals surface area contributed by atoms with Crippen LogP contribution in [-0.2, 0) is 9.53 Å². The molecule has 22 heavy (non-hydrogen) atoms. The molecule has 1 amide bonds. The number of pyridine rings is 1. The van der Waals surface area contributed by atoms with Crippen LogP contribution in [0.5, 0.6) is 0 Å². The second kappa shape index (κ2) is 6.41. The summed E-state index contributed by atoms with van der Waals surface area (Å²) in [5, 5.41) is 5.03. The normalized spacial score (nSPS) is 21.6. The van der Waals surface area contributed by atoms with Gasteiger partial charge < -0.3 is 15.0 Å². The summed E-state index contributed by atoms with van der Waals surface area (Å²) >= 11 is 1.38. The number of morpholine rings is 1. The molecule has 1 aliphatic rings. The van der Waals surface area contributed by atoms with E-state index in [0.29, 0.717) is 11.5 Å². The van der Waals surface area contributed by atoms with Gasteiger partial charge in [0.15, 0.2) is 5.13 Å². The van der Waals surface area contributed by atoms with E-state index in [1.165, 1.54) is 11.3 Å². The van der Waals surface area contributed by atoms with Crippen molar-refractivity contribution in [3.8, 4) is 11.4 Å². The highest BCUT2D eigenvalue weighted by atomic mass is 32.1. The predicted octanol–water partition coefficient (Wildman–Crippen LogP) is 2.39. The standard InChI is InChI=1S/C15H18N4O2S/c1-10-6-19(7-11(2)21-10)14-5-3-4-12(17-14)13-8-22-15(18-13)16-9-20/h3-5,8-11H,6-7H2,1-2H3,(H,16,18,20). The number of ether oxygens (including phenoxy) is 1. The molecule has 0 aromatic carbocycles. The number of aromatic nitrogens is 2. The number of rotatable bonds is 4. The van der Waals surface area contributed by atoms with Gasteiger partial charge in [-0.15, -0.1) is 11.3 Å². The molecule has 6 nitrogen and oxygen atoms in total. The van der Waals surface area contributed by atoms with Crippen molar-refractivity contribution in [3.05, 3.63) is 23.6 Å². The zero-order valence-corrected chi connectivity index (χ0v) is 13.3. The Labute approximate surface area is 133 Å². The summed E-state index contributed by atoms with van der Waals surface area (Å²) < 4.78 is 5.76. The molecule has 0 saturated carbocycles. The zero-order valence-electron chi connectivity index (χ0n) is 12.5. The Kier molecular flexibility index (Phi) is 4.35. The van der Waals surface area contributed by atoms with Gasteiger partial charge in [0.2, 0.25) is 6.41 Å². The van der Waals surface area contributed by atoms with Gasteiger partial charge in [0.25, 0.3) is 0 Å². The maximum absolute atomic E-state index is 10.5. The Bertz CT molecular complexity index is 650. The van der Waals surface area contributed by atoms with Crippen LogP contribution in [0.4, 0.5) is 10.9 Å². The van der Waals surface area contributed by atoms with Crippen molar-refractivity contribution in [1.29, 1.82) is 0 Å². The lowest BCUT2D eigenvalue weighted by molar-refractivity contribution is -0.105. The molecule has 2 atom stereocenters. The second-order valence-electron chi connectivity index (χ2n) is 5.34. The number of hydrogen-bond acceptors (Lipinski definition) is 6. The van der Waals surface area contributed by atoms with Crippen LogP contribution >= 0.6 is 11.3 Å². The van der Waals surface area contributed by atoms with Crippen molar-refractivity contribution in [1.82, 2.24) is 9.97 Å². The van der Waals surface area contributed by atoms with Gasteiger partial charge in [0.1, 0.15) is 11.5 Å². The molecule has 0 aliphatic carbocycles. The van der Waals surface area contributed by atoms with E-state index in [4.69, 9.17) is 9.72 Å². The van der Waals surface area contributed by atoms with Gasteiger partial charge in [-0.3, -0.25) is 4.79 Å². The number of carbonyl (C=O) groups excluding carboxylic acids is 1. The molecule has 1 aliphatic heterocycles. The molecule has 3 rings (SSSR count). The third-order valence-electron chi connectivity index (χ3n) is 3.43. The van der Waals surface area contributed by atoms with Crippen LogP contribution in [0.25, 0.3) is 11.4 Å². The summed E-state index contributed by atoms with van der Waals surface area (Å²) in [6.07, 6.45) is 1.01. The van der Waals surface area contributed by atoms with E-state index in [0.717, 1.165) is 30.3 Å². The Morgan fingerprint density at radius 1 is 1.27 bits per heavy atom. The van der Waals surface area contributed by atoms with Crippen molar-refractivity contribution in [3.63, 3.8) is 0 Å². The van der Waals surface area contributed by atoms with Crippen LogP contribution in [0.3, 0.4) is 0 Å². The minimum Gasteiger partial charge on any atom is -0.372 e. The third kappa shape index (κ3) is 3.26. The van der Waals surface area contributed by atoms with Crippen molar-refractivity contribution in [2.24, 2.45) is 0 Å². The molecular weight excluding hydrogens is 300 g/mol. The van der Waals surface area contributed by atoms with Crippen LogP contribution in [0.1, 0.15) is 13.8 Å². The fourth-order valence-electron chi connectivity index (χ4n) is 2.62. The molecular formula is C15H18N4O2S. The van der Waals surface area contributed by atoms with Crippen molar-refractivity contribution >= 4 is 28.7 Å². The number of anilines is 2. The van der Waals surface area contributed by atoms with Gasteiger partial charge >= 0.3 is 0 Å². The predicted molar refractivity (Wildman–Crippen MR) is 87.3 cm³/mol. The van der Waals surface area contributed by atoms with Crippen LogP contribution in [0.2, 0.25) is 0 Å². The summed E-state index contributed by atoms with van der Waals surface area (Å²) in [7, 11) is 0. The molecule has 7 heteroatoms. The zero-order chi connectivity index (χ0) is 15.5. The summed E-state index contributed by atoms with van der Waals surface area (Å²) in [6.45, 7) is 5.81. The monoisotopic (exact) mass is 318 g/mol. The van der Waals surface area contributed by atoms with Gasteiger partial charge in [-0.2, -0.15) is 0 Å². The number of nitrogens with one attached hydrogen (secondary N) is 1. The second-order valence-corrected chi connectivity index (χ2v) is 6.20. The van der Waals surface area contributed by atoms with E-state index in [1.54, 1.807) is 0 Å². The first-order valence-electron chi connectivity index (χ1n) is 7.19. The molecule has 3 heterocycles. The Morgan fingerprint density at radius 3 is 2.77 bits per heavy atom. The fourth-order valence-corrected chi connectivity index (χ4v) is 3.28. The van der Waals surface area contributed by atoms with E-state index in [1.807, 2.05) is 23.6 Å². The highest BCUT2D eigenvalue weighted by molar-refractivity contribution is 7.14. The van der Waals surface area contributed by atoms with E-state index >= 15 is 0 Å². The van der Waals surface area contributed by atoms with Gasteiger partial charge in [-0.05, 0) is 26.0 Å². The highest BCUT2D eigenvalue weighted by Crippen LogP contribution is 2.26. The van der Waals surface area contributed by atoms with Gasteiger partial charge in [-0.25, -0.2) is 9.97 Å². The maximum atomic E-state index is 10.5. The molecule has 1 N–H and O–H groups in total. The maximum Gasteiger partial charge on any atom is 0.213 e. The van der Waals surface area contributed by atoms with Crippen LogP contribution in [0.15, 0.2) is 23.6 Å². The van der Waals surface area contributed by atoms with Crippen molar-refractivity contribution in [2.45, 2.75) is 26.1 Å². The first-order chi connectivity index (χ1) is 10.7. The minimum absolute atomic E-state index is 0.192. The Morgan fingerprint density at radius 2 is 2.05 bits per heavy atom. The van der Waals surface area contributed by atoms with Gasteiger partial charge in [0.05, 0.1) is 17.9 Å². The first-order valence-corrected chi connectivity index (χ1v) is 8.07. The molecule has 2 aromatic rings. The topological polar surface area (TPSA) is 67.4 Å². The Balaban J connectivity index is 1.83. The fraction of sp³-hybridized carbons (Fsp3) is 0.400. The van der Waals surface area contributed by atoms with Gasteiger partial charge in [0, 0.05) is 18.5 Å². The van der Waals surface area contributed by atoms with E-state index in [-0.39, 0.29) is 12.2 Å². The number of hydrogen-bond donors (Lipinski definition) is 1. The summed E-state index contributed by atoms with van der Waals surface area (Å²) in [4.78, 5) is 21.8. The van der Waals surface area contributed by atoms with E-state index in [9.17, 15) is 4.79 Å². The molecule has 0 spiro atoms. The van der Waals surface area contributed by atoms with Crippen LogP contribution < -0.4 is 10.2 Å². The Hall–Kier alpha value is -1.99. The number of amides is 1. The molecule has 0 bridgehead atoms. The lowest BCUT2D eigenvalue weighted by Gasteiger charge is -2.36. The summed E-state index contributed by atoms with van der Waals surface area (Å²) in [6, 6.07) is 5.91. The molecule has 1 saturated heterocycles. The molecule has 2 aromatic heterocycles. The highest BCUT2D eigenvalue weighted by Gasteiger charge is 2.23. The van der Waals surface area contributed by atoms with Crippen LogP contribution in [-0.4, -0.2) is 41.7 Å². The number of nitrogens with zero attached hydrogens (tertiary/aromatic N) is 3. The average molecular weight is 318 g/mol. The number of carbonyl (C=O) groups is 1. The van der Waals surface area contributed by atoms with Gasteiger partial charge in [-0.1, -0.05) is 6.07 Å². The quantitative estimate of drug-likeness (QED) is 0.877. The van der Waals surface area contributed by atoms with Crippen LogP contribution in [0, 0.1) is 0 Å². The lowest BCUT2D eigenvalue weighted by Crippen LogP contribution is -2.45. The van der Waals surface area contributed by atoms with E-state index < -0.39 is 0 Å².